The van der Waals surface area contributed by atoms with Gasteiger partial charge in [-0.1, -0.05) is 0 Å². The summed E-state index contributed by atoms with van der Waals surface area (Å²) in [6.07, 6.45) is -4.61. The van der Waals surface area contributed by atoms with Crippen molar-refractivity contribution < 1.29 is 21.6 Å². The molecule has 10 heteroatoms. The number of rotatable bonds is 4. The lowest BCUT2D eigenvalue weighted by Gasteiger charge is -2.11. The highest BCUT2D eigenvalue weighted by Crippen LogP contribution is 2.17. The van der Waals surface area contributed by atoms with Gasteiger partial charge >= 0.3 is 16.4 Å². The lowest BCUT2D eigenvalue weighted by atomic mass is 10.4. The van der Waals surface area contributed by atoms with Gasteiger partial charge in [0.1, 0.15) is 12.4 Å². The molecule has 0 atom stereocenters. The molecule has 5 nitrogen and oxygen atoms in total. The summed E-state index contributed by atoms with van der Waals surface area (Å²) in [5.41, 5.74) is 0.506. The molecule has 0 saturated carbocycles. The molecule has 0 amide bonds. The van der Waals surface area contributed by atoms with E-state index in [0.717, 1.165) is 0 Å². The van der Waals surface area contributed by atoms with Crippen LogP contribution in [0.5, 0.6) is 0 Å². The fraction of sp³-hybridized carbons (Fsp3) is 0.375. The molecule has 102 valence electrons. The molecular weight excluding hydrogens is 339 g/mol. The Morgan fingerprint density at radius 3 is 2.50 bits per heavy atom. The van der Waals surface area contributed by atoms with E-state index in [-0.39, 0.29) is 5.82 Å². The van der Waals surface area contributed by atoms with Crippen LogP contribution in [-0.4, -0.2) is 26.1 Å². The Hall–Kier alpha value is -0.870. The second kappa shape index (κ2) is 5.41. The van der Waals surface area contributed by atoms with Gasteiger partial charge in [-0.2, -0.15) is 26.3 Å². The highest BCUT2D eigenvalue weighted by molar-refractivity contribution is 9.10. The molecule has 1 aromatic rings. The molecule has 0 aliphatic heterocycles. The average molecular weight is 348 g/mol. The van der Waals surface area contributed by atoms with Crippen LogP contribution in [0.3, 0.4) is 0 Å². The molecule has 0 radical (unpaired) electrons. The molecule has 0 bridgehead atoms. The predicted molar refractivity (Wildman–Crippen MR) is 63.3 cm³/mol. The van der Waals surface area contributed by atoms with Gasteiger partial charge in [-0.05, 0) is 35.0 Å². The molecule has 18 heavy (non-hydrogen) atoms. The Morgan fingerprint density at radius 2 is 2.00 bits per heavy atom. The minimum atomic E-state index is -4.61. The van der Waals surface area contributed by atoms with E-state index >= 15 is 0 Å². The van der Waals surface area contributed by atoms with Crippen molar-refractivity contribution in [2.75, 3.05) is 11.3 Å². The molecule has 0 aliphatic rings. The van der Waals surface area contributed by atoms with Crippen LogP contribution in [0.4, 0.5) is 19.0 Å². The number of alkyl halides is 3. The summed E-state index contributed by atoms with van der Waals surface area (Å²) in [7, 11) is -4.30. The topological polar surface area (TPSA) is 71.1 Å². The quantitative estimate of drug-likeness (QED) is 0.874. The lowest BCUT2D eigenvalue weighted by Crippen LogP contribution is -2.37. The Morgan fingerprint density at radius 1 is 1.39 bits per heavy atom. The third-order valence-corrected chi connectivity index (χ3v) is 3.56. The van der Waals surface area contributed by atoms with Crippen molar-refractivity contribution in [2.24, 2.45) is 0 Å². The first-order valence-corrected chi connectivity index (χ1v) is 6.84. The predicted octanol–water partition coefficient (Wildman–Crippen LogP) is 1.96. The van der Waals surface area contributed by atoms with Gasteiger partial charge in [0.15, 0.2) is 0 Å². The van der Waals surface area contributed by atoms with Gasteiger partial charge in [0.05, 0.1) is 5.69 Å². The zero-order chi connectivity index (χ0) is 14.0. The monoisotopic (exact) mass is 347 g/mol. The van der Waals surface area contributed by atoms with Crippen molar-refractivity contribution in [1.82, 2.24) is 9.71 Å². The summed E-state index contributed by atoms with van der Waals surface area (Å²) in [5.74, 6) is -0.0645. The highest BCUT2D eigenvalue weighted by atomic mass is 79.9. The van der Waals surface area contributed by atoms with Crippen LogP contribution in [0, 0.1) is 6.92 Å². The van der Waals surface area contributed by atoms with Crippen LogP contribution in [0.2, 0.25) is 0 Å². The third-order valence-electron chi connectivity index (χ3n) is 1.72. The summed E-state index contributed by atoms with van der Waals surface area (Å²) in [5, 5.41) is 0. The van der Waals surface area contributed by atoms with Gasteiger partial charge in [-0.25, -0.2) is 4.98 Å². The van der Waals surface area contributed by atoms with Crippen LogP contribution >= 0.6 is 15.9 Å². The number of halogens is 4. The minimum Gasteiger partial charge on any atom is -0.255 e. The Bertz CT molecular complexity index is 533. The number of nitrogens with zero attached hydrogens (tertiary/aromatic N) is 1. The van der Waals surface area contributed by atoms with Crippen molar-refractivity contribution >= 4 is 32.0 Å². The van der Waals surface area contributed by atoms with Gasteiger partial charge in [0, 0.05) is 4.47 Å². The van der Waals surface area contributed by atoms with Crippen LogP contribution in [0.25, 0.3) is 0 Å². The third kappa shape index (κ3) is 5.19. The van der Waals surface area contributed by atoms with Gasteiger partial charge in [0.25, 0.3) is 0 Å². The molecule has 0 spiro atoms. The smallest absolute Gasteiger partial charge is 0.255 e. The van der Waals surface area contributed by atoms with Crippen LogP contribution in [0.15, 0.2) is 16.6 Å². The summed E-state index contributed by atoms with van der Waals surface area (Å²) in [4.78, 5) is 3.84. The van der Waals surface area contributed by atoms with Crippen molar-refractivity contribution in [2.45, 2.75) is 13.1 Å². The molecule has 0 saturated heterocycles. The van der Waals surface area contributed by atoms with Gasteiger partial charge in [0.2, 0.25) is 0 Å². The first kappa shape index (κ1) is 15.2. The maximum Gasteiger partial charge on any atom is 0.402 e. The van der Waals surface area contributed by atoms with E-state index in [1.54, 1.807) is 6.92 Å². The highest BCUT2D eigenvalue weighted by Gasteiger charge is 2.29. The van der Waals surface area contributed by atoms with Crippen molar-refractivity contribution in [3.63, 3.8) is 0 Å². The number of hydrogen-bond donors (Lipinski definition) is 2. The number of hydrogen-bond acceptors (Lipinski definition) is 3. The average Bonchev–Trinajstić information content (AvgIpc) is 2.20. The number of pyridine rings is 1. The van der Waals surface area contributed by atoms with Gasteiger partial charge < -0.3 is 0 Å². The molecule has 2 N–H and O–H groups in total. The number of aromatic nitrogens is 1. The summed E-state index contributed by atoms with van der Waals surface area (Å²) in [6.45, 7) is -0.0249. The molecule has 0 aromatic carbocycles. The van der Waals surface area contributed by atoms with E-state index in [1.165, 1.54) is 16.9 Å². The van der Waals surface area contributed by atoms with Crippen LogP contribution in [-0.2, 0) is 10.2 Å². The minimum absolute atomic E-state index is 0.0645. The number of anilines is 1. The zero-order valence-electron chi connectivity index (χ0n) is 9.05. The van der Waals surface area contributed by atoms with E-state index in [2.05, 4.69) is 20.9 Å². The SMILES string of the molecule is Cc1nc(NS(=O)(=O)NCC(F)(F)F)ccc1Br. The second-order valence-corrected chi connectivity index (χ2v) is 5.66. The van der Waals surface area contributed by atoms with E-state index in [0.29, 0.717) is 10.2 Å². The maximum atomic E-state index is 11.9. The first-order chi connectivity index (χ1) is 8.09. The Balaban J connectivity index is 2.74. The zero-order valence-corrected chi connectivity index (χ0v) is 11.4. The molecule has 1 aromatic heterocycles. The summed E-state index contributed by atoms with van der Waals surface area (Å²) in [6, 6.07) is 2.86. The van der Waals surface area contributed by atoms with E-state index in [1.807, 2.05) is 4.72 Å². The van der Waals surface area contributed by atoms with Crippen molar-refractivity contribution in [3.05, 3.63) is 22.3 Å². The summed E-state index contributed by atoms with van der Waals surface area (Å²) < 4.78 is 62.0. The van der Waals surface area contributed by atoms with E-state index in [4.69, 9.17) is 0 Å². The lowest BCUT2D eigenvalue weighted by molar-refractivity contribution is -0.121. The Labute approximate surface area is 110 Å². The van der Waals surface area contributed by atoms with Crippen LogP contribution in [0.1, 0.15) is 5.69 Å². The standard InChI is InChI=1S/C8H9BrF3N3O2S/c1-5-6(9)2-3-7(14-5)15-18(16,17)13-4-8(10,11)12/h2-3,13H,4H2,1H3,(H,14,15). The van der Waals surface area contributed by atoms with E-state index in [9.17, 15) is 21.6 Å². The van der Waals surface area contributed by atoms with E-state index < -0.39 is 22.9 Å². The molecule has 0 fully saturated rings. The molecular formula is C8H9BrF3N3O2S. The first-order valence-electron chi connectivity index (χ1n) is 4.56. The molecule has 1 rings (SSSR count). The number of aryl methyl sites for hydroxylation is 1. The van der Waals surface area contributed by atoms with Crippen molar-refractivity contribution in [3.8, 4) is 0 Å². The van der Waals surface area contributed by atoms with Gasteiger partial charge in [-0.3, -0.25) is 4.72 Å². The van der Waals surface area contributed by atoms with Crippen LogP contribution < -0.4 is 9.44 Å². The fourth-order valence-electron chi connectivity index (χ4n) is 0.951. The molecule has 0 aliphatic carbocycles. The fourth-order valence-corrected chi connectivity index (χ4v) is 1.99. The normalized spacial score (nSPS) is 12.5. The second-order valence-electron chi connectivity index (χ2n) is 3.31. The number of nitrogens with one attached hydrogen (secondary N) is 2. The van der Waals surface area contributed by atoms with Gasteiger partial charge in [-0.15, -0.1) is 0 Å². The Kier molecular flexibility index (Phi) is 4.56. The van der Waals surface area contributed by atoms with Crippen molar-refractivity contribution in [1.29, 1.82) is 0 Å². The molecule has 0 unspecified atom stereocenters. The molecule has 1 heterocycles. The largest absolute Gasteiger partial charge is 0.402 e. The maximum absolute atomic E-state index is 11.9. The summed E-state index contributed by atoms with van der Waals surface area (Å²) >= 11 is 3.16.